The van der Waals surface area contributed by atoms with Crippen LogP contribution in [-0.2, 0) is 6.54 Å². The first-order chi connectivity index (χ1) is 7.33. The van der Waals surface area contributed by atoms with Crippen molar-refractivity contribution in [2.75, 3.05) is 0 Å². The fourth-order valence-electron chi connectivity index (χ4n) is 1.95. The Balaban J connectivity index is 2.28. The molecule has 1 aromatic carbocycles. The second-order valence-corrected chi connectivity index (χ2v) is 6.54. The molecule has 1 heterocycles. The minimum absolute atomic E-state index is 0.572. The van der Waals surface area contributed by atoms with Crippen LogP contribution >= 0.6 is 0 Å². The van der Waals surface area contributed by atoms with Crippen molar-refractivity contribution in [1.29, 1.82) is 0 Å². The molecule has 2 heteroatoms. The topological polar surface area (TPSA) is 3.88 Å². The van der Waals surface area contributed by atoms with Gasteiger partial charge in [0, 0.05) is 0 Å². The van der Waals surface area contributed by atoms with E-state index in [9.17, 15) is 0 Å². The van der Waals surface area contributed by atoms with Crippen molar-refractivity contribution in [2.24, 2.45) is 0 Å². The summed E-state index contributed by atoms with van der Waals surface area (Å²) in [6, 6.07) is 8.85. The van der Waals surface area contributed by atoms with E-state index in [0.29, 0.717) is 14.5 Å². The number of fused-ring (bicyclic) bond motifs is 1. The van der Waals surface area contributed by atoms with Crippen LogP contribution in [0.4, 0.5) is 0 Å². The van der Waals surface area contributed by atoms with Crippen molar-refractivity contribution >= 4 is 24.3 Å². The molecule has 0 radical (unpaired) electrons. The van der Waals surface area contributed by atoms with Crippen molar-refractivity contribution in [3.63, 3.8) is 0 Å². The molecule has 0 atom stereocenters. The molecule has 0 aliphatic heterocycles. The average molecular weight is 267 g/mol. The van der Waals surface area contributed by atoms with E-state index in [2.05, 4.69) is 42.7 Å². The molecule has 0 fully saturated rings. The van der Waals surface area contributed by atoms with Crippen LogP contribution in [0.1, 0.15) is 30.8 Å². The van der Waals surface area contributed by atoms with Gasteiger partial charge in [0.25, 0.3) is 0 Å². The molecular formula is C13H18NSe+. The number of rotatable bonds is 4. The molecule has 0 N–H and O–H groups in total. The average Bonchev–Trinajstić information content (AvgIpc) is 2.56. The number of unbranched alkanes of at least 4 members (excludes halogenated alkanes) is 2. The number of hydrogen-bond donors (Lipinski definition) is 0. The first-order valence-electron chi connectivity index (χ1n) is 5.71. The maximum absolute atomic E-state index is 2.52. The summed E-state index contributed by atoms with van der Waals surface area (Å²) in [5.41, 5.74) is 1.46. The SMILES string of the molecule is CCCCC[n+]1c(C)[se]c2ccccc21. The van der Waals surface area contributed by atoms with Crippen LogP contribution in [0, 0.1) is 6.92 Å². The first kappa shape index (κ1) is 10.9. The van der Waals surface area contributed by atoms with Crippen LogP contribution in [0.2, 0.25) is 0 Å². The van der Waals surface area contributed by atoms with Crippen molar-refractivity contribution in [3.05, 3.63) is 28.8 Å². The van der Waals surface area contributed by atoms with E-state index < -0.39 is 0 Å². The van der Waals surface area contributed by atoms with Crippen molar-refractivity contribution in [1.82, 2.24) is 0 Å². The van der Waals surface area contributed by atoms with Gasteiger partial charge in [0.1, 0.15) is 0 Å². The number of aromatic nitrogens is 1. The van der Waals surface area contributed by atoms with Crippen LogP contribution in [0.5, 0.6) is 0 Å². The van der Waals surface area contributed by atoms with Crippen molar-refractivity contribution in [2.45, 2.75) is 39.7 Å². The monoisotopic (exact) mass is 268 g/mol. The van der Waals surface area contributed by atoms with E-state index in [4.69, 9.17) is 0 Å². The summed E-state index contributed by atoms with van der Waals surface area (Å²) < 4.78 is 5.64. The van der Waals surface area contributed by atoms with Crippen LogP contribution in [0.25, 0.3) is 9.78 Å². The Labute approximate surface area is 97.5 Å². The summed E-state index contributed by atoms with van der Waals surface area (Å²) >= 11 is 0.572. The van der Waals surface area contributed by atoms with Gasteiger partial charge in [-0.2, -0.15) is 0 Å². The number of para-hydroxylation sites is 1. The van der Waals surface area contributed by atoms with E-state index in [1.807, 2.05) is 0 Å². The van der Waals surface area contributed by atoms with Crippen molar-refractivity contribution in [3.8, 4) is 0 Å². The van der Waals surface area contributed by atoms with Gasteiger partial charge in [-0.15, -0.1) is 0 Å². The second kappa shape index (κ2) is 4.96. The molecule has 0 bridgehead atoms. The Kier molecular flexibility index (Phi) is 3.61. The third kappa shape index (κ3) is 2.32. The summed E-state index contributed by atoms with van der Waals surface area (Å²) in [6.45, 7) is 5.75. The minimum atomic E-state index is 0.572. The zero-order valence-corrected chi connectivity index (χ0v) is 11.2. The molecule has 15 heavy (non-hydrogen) atoms. The first-order valence-corrected chi connectivity index (χ1v) is 7.42. The fourth-order valence-corrected chi connectivity index (χ4v) is 4.15. The Morgan fingerprint density at radius 2 is 2.00 bits per heavy atom. The van der Waals surface area contributed by atoms with Gasteiger partial charge in [-0.25, -0.2) is 0 Å². The normalized spacial score (nSPS) is 11.1. The molecule has 0 amide bonds. The van der Waals surface area contributed by atoms with Gasteiger partial charge in [-0.3, -0.25) is 0 Å². The number of nitrogens with zero attached hydrogens (tertiary/aromatic N) is 1. The van der Waals surface area contributed by atoms with E-state index >= 15 is 0 Å². The Hall–Kier alpha value is -0.591. The molecule has 2 aromatic rings. The Morgan fingerprint density at radius 3 is 2.80 bits per heavy atom. The van der Waals surface area contributed by atoms with Crippen LogP contribution in [-0.4, -0.2) is 14.5 Å². The summed E-state index contributed by atoms with van der Waals surface area (Å²) in [6.07, 6.45) is 3.97. The van der Waals surface area contributed by atoms with Crippen LogP contribution in [0.15, 0.2) is 24.3 Å². The molecule has 1 aromatic heterocycles. The van der Waals surface area contributed by atoms with E-state index in [1.165, 1.54) is 31.3 Å². The standard InChI is InChI=1S/C13H18NSe/c1-3-4-7-10-14-11(2)15-13-9-6-5-8-12(13)14/h5-6,8-9H,3-4,7,10H2,1-2H3/q+1. The quantitative estimate of drug-likeness (QED) is 0.455. The summed E-state index contributed by atoms with van der Waals surface area (Å²) in [7, 11) is 0. The number of hydrogen-bond acceptors (Lipinski definition) is 0. The van der Waals surface area contributed by atoms with Crippen molar-refractivity contribution < 1.29 is 4.57 Å². The van der Waals surface area contributed by atoms with Gasteiger partial charge in [0.15, 0.2) is 0 Å². The number of benzene rings is 1. The second-order valence-electron chi connectivity index (χ2n) is 3.95. The third-order valence-corrected chi connectivity index (χ3v) is 5.05. The molecule has 0 saturated heterocycles. The zero-order valence-electron chi connectivity index (χ0n) is 9.49. The van der Waals surface area contributed by atoms with E-state index in [0.717, 1.165) is 0 Å². The Bertz CT molecular complexity index is 445. The van der Waals surface area contributed by atoms with Gasteiger partial charge >= 0.3 is 97.3 Å². The molecule has 80 valence electrons. The summed E-state index contributed by atoms with van der Waals surface area (Å²) in [5.74, 6) is 0. The fraction of sp³-hybridized carbons (Fsp3) is 0.462. The zero-order chi connectivity index (χ0) is 10.7. The van der Waals surface area contributed by atoms with Gasteiger partial charge in [-0.05, 0) is 0 Å². The van der Waals surface area contributed by atoms with Crippen LogP contribution < -0.4 is 4.57 Å². The van der Waals surface area contributed by atoms with Gasteiger partial charge in [0.05, 0.1) is 0 Å². The predicted octanol–water partition coefficient (Wildman–Crippen LogP) is 2.68. The molecule has 2 rings (SSSR count). The Morgan fingerprint density at radius 1 is 1.20 bits per heavy atom. The summed E-state index contributed by atoms with van der Waals surface area (Å²) in [4.78, 5) is 0. The molecule has 0 unspecified atom stereocenters. The molecule has 0 spiro atoms. The third-order valence-electron chi connectivity index (χ3n) is 2.78. The number of aryl methyl sites for hydroxylation is 2. The predicted molar refractivity (Wildman–Crippen MR) is 65.3 cm³/mol. The van der Waals surface area contributed by atoms with Gasteiger partial charge < -0.3 is 0 Å². The van der Waals surface area contributed by atoms with Gasteiger partial charge in [0.2, 0.25) is 0 Å². The summed E-state index contributed by atoms with van der Waals surface area (Å²) in [5, 5.41) is 0. The molecule has 0 saturated carbocycles. The van der Waals surface area contributed by atoms with Crippen LogP contribution in [0.3, 0.4) is 0 Å². The maximum atomic E-state index is 2.52. The molecule has 0 aliphatic rings. The molecular weight excluding hydrogens is 249 g/mol. The molecule has 0 aliphatic carbocycles. The van der Waals surface area contributed by atoms with E-state index in [-0.39, 0.29) is 0 Å². The van der Waals surface area contributed by atoms with E-state index in [1.54, 1.807) is 8.83 Å². The molecule has 1 nitrogen and oxygen atoms in total. The van der Waals surface area contributed by atoms with Gasteiger partial charge in [-0.1, -0.05) is 0 Å².